The minimum atomic E-state index is -1.11. The number of nitrogens with one attached hydrogen (secondary N) is 2. The van der Waals surface area contributed by atoms with Gasteiger partial charge in [-0.2, -0.15) is 5.10 Å². The summed E-state index contributed by atoms with van der Waals surface area (Å²) >= 11 is 0. The summed E-state index contributed by atoms with van der Waals surface area (Å²) in [6.07, 6.45) is 1.38. The average molecular weight is 320 g/mol. The van der Waals surface area contributed by atoms with Crippen LogP contribution in [0, 0.1) is 5.82 Å². The van der Waals surface area contributed by atoms with Crippen LogP contribution in [0.25, 0.3) is 0 Å². The number of carbonyl (C=O) groups excluding carboxylic acids is 1. The predicted molar refractivity (Wildman–Crippen MR) is 85.6 cm³/mol. The van der Waals surface area contributed by atoms with Gasteiger partial charge in [0.2, 0.25) is 0 Å². The fourth-order valence-electron chi connectivity index (χ4n) is 2.14. The number of aliphatic hydroxyl groups excluding tert-OH is 1. The van der Waals surface area contributed by atoms with Crippen LogP contribution in [-0.4, -0.2) is 27.5 Å². The lowest BCUT2D eigenvalue weighted by molar-refractivity contribution is 0.170. The summed E-state index contributed by atoms with van der Waals surface area (Å²) in [7, 11) is 0. The van der Waals surface area contributed by atoms with Crippen LogP contribution in [0.5, 0.6) is 0 Å². The van der Waals surface area contributed by atoms with Gasteiger partial charge in [-0.05, 0) is 19.4 Å². The topological polar surface area (TPSA) is 79.2 Å². The van der Waals surface area contributed by atoms with Gasteiger partial charge in [0, 0.05) is 18.2 Å². The maximum atomic E-state index is 13.6. The molecule has 1 heterocycles. The van der Waals surface area contributed by atoms with E-state index >= 15 is 0 Å². The van der Waals surface area contributed by atoms with Gasteiger partial charge in [0.1, 0.15) is 11.6 Å². The van der Waals surface area contributed by atoms with Gasteiger partial charge in [0.15, 0.2) is 0 Å². The molecule has 0 aliphatic carbocycles. The molecule has 0 bridgehead atoms. The SMILES string of the molecule is CCC(C)n1nccc1NC(=O)NCC(O)c1ccccc1F. The first-order valence-electron chi connectivity index (χ1n) is 7.53. The van der Waals surface area contributed by atoms with Crippen molar-refractivity contribution in [3.8, 4) is 0 Å². The average Bonchev–Trinajstić information content (AvgIpc) is 3.00. The Balaban J connectivity index is 1.91. The maximum Gasteiger partial charge on any atom is 0.320 e. The molecule has 2 atom stereocenters. The Hall–Kier alpha value is -2.41. The van der Waals surface area contributed by atoms with Crippen LogP contribution in [-0.2, 0) is 0 Å². The summed E-state index contributed by atoms with van der Waals surface area (Å²) in [4.78, 5) is 11.9. The van der Waals surface area contributed by atoms with Gasteiger partial charge in [-0.25, -0.2) is 13.9 Å². The van der Waals surface area contributed by atoms with Crippen LogP contribution >= 0.6 is 0 Å². The molecule has 3 N–H and O–H groups in total. The molecule has 1 aromatic heterocycles. The first-order valence-corrected chi connectivity index (χ1v) is 7.53. The summed E-state index contributed by atoms with van der Waals surface area (Å²) in [5.41, 5.74) is 0.150. The highest BCUT2D eigenvalue weighted by molar-refractivity contribution is 5.88. The quantitative estimate of drug-likeness (QED) is 0.766. The standard InChI is InChI=1S/C16H21FN4O2/c1-3-11(2)21-15(8-9-19-21)20-16(23)18-10-14(22)12-6-4-5-7-13(12)17/h4-9,11,14,22H,3,10H2,1-2H3,(H2,18,20,23). The smallest absolute Gasteiger partial charge is 0.320 e. The molecule has 2 aromatic rings. The molecule has 6 nitrogen and oxygen atoms in total. The van der Waals surface area contributed by atoms with Crippen molar-refractivity contribution in [2.75, 3.05) is 11.9 Å². The van der Waals surface area contributed by atoms with Crippen molar-refractivity contribution < 1.29 is 14.3 Å². The fraction of sp³-hybridized carbons (Fsp3) is 0.375. The fourth-order valence-corrected chi connectivity index (χ4v) is 2.14. The van der Waals surface area contributed by atoms with Crippen molar-refractivity contribution in [3.05, 3.63) is 47.9 Å². The molecule has 0 radical (unpaired) electrons. The van der Waals surface area contributed by atoms with Gasteiger partial charge in [-0.15, -0.1) is 0 Å². The number of nitrogens with zero attached hydrogens (tertiary/aromatic N) is 2. The number of hydrogen-bond donors (Lipinski definition) is 3. The molecule has 124 valence electrons. The number of amides is 2. The number of aliphatic hydroxyl groups is 1. The van der Waals surface area contributed by atoms with E-state index in [1.807, 2.05) is 13.8 Å². The van der Waals surface area contributed by atoms with Crippen molar-refractivity contribution in [2.24, 2.45) is 0 Å². The van der Waals surface area contributed by atoms with Gasteiger partial charge in [0.25, 0.3) is 0 Å². The molecule has 0 fully saturated rings. The van der Waals surface area contributed by atoms with E-state index in [4.69, 9.17) is 0 Å². The molecule has 0 spiro atoms. The number of anilines is 1. The molecule has 0 saturated heterocycles. The zero-order valence-electron chi connectivity index (χ0n) is 13.2. The Kier molecular flexibility index (Phi) is 5.70. The Labute approximate surface area is 134 Å². The number of rotatable bonds is 6. The van der Waals surface area contributed by atoms with Crippen LogP contribution in [0.1, 0.15) is 38.0 Å². The summed E-state index contributed by atoms with van der Waals surface area (Å²) in [6.45, 7) is 3.93. The predicted octanol–water partition coefficient (Wildman–Crippen LogP) is 2.85. The van der Waals surface area contributed by atoms with Gasteiger partial charge in [-0.3, -0.25) is 5.32 Å². The number of carbonyl (C=O) groups is 1. The summed E-state index contributed by atoms with van der Waals surface area (Å²) < 4.78 is 15.3. The molecule has 7 heteroatoms. The minimum absolute atomic E-state index is 0.0930. The van der Waals surface area contributed by atoms with E-state index in [2.05, 4.69) is 15.7 Å². The van der Waals surface area contributed by atoms with E-state index in [-0.39, 0.29) is 18.2 Å². The van der Waals surface area contributed by atoms with Crippen molar-refractivity contribution in [2.45, 2.75) is 32.4 Å². The van der Waals surface area contributed by atoms with Gasteiger partial charge < -0.3 is 10.4 Å². The summed E-state index contributed by atoms with van der Waals surface area (Å²) in [6, 6.07) is 7.29. The van der Waals surface area contributed by atoms with E-state index in [0.29, 0.717) is 5.82 Å². The molecule has 1 aromatic carbocycles. The molecular formula is C16H21FN4O2. The lowest BCUT2D eigenvalue weighted by Crippen LogP contribution is -2.33. The van der Waals surface area contributed by atoms with Gasteiger partial charge >= 0.3 is 6.03 Å². The van der Waals surface area contributed by atoms with Crippen molar-refractivity contribution in [3.63, 3.8) is 0 Å². The summed E-state index contributed by atoms with van der Waals surface area (Å²) in [5, 5.41) is 19.3. The number of aromatic nitrogens is 2. The van der Waals surface area contributed by atoms with E-state index in [1.165, 1.54) is 12.1 Å². The molecule has 0 aliphatic rings. The van der Waals surface area contributed by atoms with E-state index in [0.717, 1.165) is 6.42 Å². The zero-order chi connectivity index (χ0) is 16.8. The van der Waals surface area contributed by atoms with Crippen LogP contribution < -0.4 is 10.6 Å². The molecular weight excluding hydrogens is 299 g/mol. The Morgan fingerprint density at radius 3 is 2.83 bits per heavy atom. The first kappa shape index (κ1) is 17.0. The van der Waals surface area contributed by atoms with Crippen molar-refractivity contribution in [1.82, 2.24) is 15.1 Å². The molecule has 0 saturated carbocycles. The van der Waals surface area contributed by atoms with Crippen LogP contribution in [0.3, 0.4) is 0 Å². The second-order valence-corrected chi connectivity index (χ2v) is 5.29. The molecule has 2 amide bonds. The van der Waals surface area contributed by atoms with Gasteiger partial charge in [0.05, 0.1) is 18.3 Å². The third-order valence-electron chi connectivity index (χ3n) is 3.64. The number of urea groups is 1. The number of halogens is 1. The lowest BCUT2D eigenvalue weighted by Gasteiger charge is -2.16. The molecule has 0 aliphatic heterocycles. The van der Waals surface area contributed by atoms with Gasteiger partial charge in [-0.1, -0.05) is 25.1 Å². The number of benzene rings is 1. The summed E-state index contributed by atoms with van der Waals surface area (Å²) in [5.74, 6) is 0.0642. The lowest BCUT2D eigenvalue weighted by atomic mass is 10.1. The monoisotopic (exact) mass is 320 g/mol. The molecule has 2 rings (SSSR count). The minimum Gasteiger partial charge on any atom is -0.386 e. The first-order chi connectivity index (χ1) is 11.0. The molecule has 23 heavy (non-hydrogen) atoms. The third kappa shape index (κ3) is 4.29. The van der Waals surface area contributed by atoms with Crippen LogP contribution in [0.2, 0.25) is 0 Å². The van der Waals surface area contributed by atoms with E-state index < -0.39 is 18.0 Å². The second-order valence-electron chi connectivity index (χ2n) is 5.29. The zero-order valence-corrected chi connectivity index (χ0v) is 13.2. The number of hydrogen-bond acceptors (Lipinski definition) is 3. The highest BCUT2D eigenvalue weighted by Gasteiger charge is 2.15. The highest BCUT2D eigenvalue weighted by Crippen LogP contribution is 2.17. The van der Waals surface area contributed by atoms with E-state index in [9.17, 15) is 14.3 Å². The highest BCUT2D eigenvalue weighted by atomic mass is 19.1. The normalized spacial score (nSPS) is 13.4. The van der Waals surface area contributed by atoms with Crippen molar-refractivity contribution in [1.29, 1.82) is 0 Å². The van der Waals surface area contributed by atoms with E-state index in [1.54, 1.807) is 29.1 Å². The third-order valence-corrected chi connectivity index (χ3v) is 3.64. The second kappa shape index (κ2) is 7.73. The van der Waals surface area contributed by atoms with Crippen molar-refractivity contribution >= 4 is 11.8 Å². The largest absolute Gasteiger partial charge is 0.386 e. The molecule has 2 unspecified atom stereocenters. The van der Waals surface area contributed by atoms with Crippen LogP contribution in [0.15, 0.2) is 36.5 Å². The Morgan fingerprint density at radius 2 is 2.13 bits per heavy atom. The Bertz CT molecular complexity index is 659. The Morgan fingerprint density at radius 1 is 1.39 bits per heavy atom. The maximum absolute atomic E-state index is 13.6. The van der Waals surface area contributed by atoms with Crippen LogP contribution in [0.4, 0.5) is 15.0 Å².